The summed E-state index contributed by atoms with van der Waals surface area (Å²) in [7, 11) is 1.90. The molecule has 3 atom stereocenters. The van der Waals surface area contributed by atoms with E-state index in [4.69, 9.17) is 0 Å². The molecule has 0 radical (unpaired) electrons. The van der Waals surface area contributed by atoms with Gasteiger partial charge in [-0.25, -0.2) is 0 Å². The van der Waals surface area contributed by atoms with Crippen LogP contribution in [0.25, 0.3) is 0 Å². The maximum absolute atomic E-state index is 12.5. The van der Waals surface area contributed by atoms with Gasteiger partial charge in [0, 0.05) is 18.3 Å². The molecule has 0 saturated heterocycles. The minimum absolute atomic E-state index is 0.0232. The Hall–Kier alpha value is -1.01. The van der Waals surface area contributed by atoms with Gasteiger partial charge in [0.1, 0.15) is 0 Å². The number of carbonyl (C=O) groups is 1. The van der Waals surface area contributed by atoms with Gasteiger partial charge in [-0.3, -0.25) is 9.48 Å². The predicted octanol–water partition coefficient (Wildman–Crippen LogP) is 3.02. The molecule has 0 bridgehead atoms. The van der Waals surface area contributed by atoms with E-state index in [1.807, 2.05) is 39.6 Å². The molecule has 1 fully saturated rings. The minimum atomic E-state index is -0.197. The van der Waals surface area contributed by atoms with Gasteiger partial charge in [0.15, 0.2) is 0 Å². The van der Waals surface area contributed by atoms with Crippen LogP contribution in [-0.2, 0) is 11.8 Å². The molecular weight excluding hydrogens is 308 g/mol. The van der Waals surface area contributed by atoms with Gasteiger partial charge in [-0.1, -0.05) is 19.8 Å². The van der Waals surface area contributed by atoms with E-state index < -0.39 is 0 Å². The molecule has 1 aromatic heterocycles. The van der Waals surface area contributed by atoms with E-state index in [0.29, 0.717) is 11.3 Å². The molecular formula is C17H30N4OS. The molecule has 23 heavy (non-hydrogen) atoms. The van der Waals surface area contributed by atoms with Crippen LogP contribution in [0.2, 0.25) is 0 Å². The molecule has 0 aliphatic heterocycles. The number of rotatable bonds is 6. The number of nitrogens with zero attached hydrogens (tertiary/aromatic N) is 2. The summed E-state index contributed by atoms with van der Waals surface area (Å²) in [4.78, 5) is 12.5. The van der Waals surface area contributed by atoms with Crippen LogP contribution >= 0.6 is 11.8 Å². The number of amides is 1. The summed E-state index contributed by atoms with van der Waals surface area (Å²) in [6.07, 6.45) is 4.99. The fraction of sp³-hybridized carbons (Fsp3) is 0.765. The number of carbonyl (C=O) groups excluding carboxylic acids is 1. The molecule has 3 unspecified atom stereocenters. The zero-order valence-electron chi connectivity index (χ0n) is 15.0. The van der Waals surface area contributed by atoms with E-state index in [1.54, 1.807) is 4.68 Å². The van der Waals surface area contributed by atoms with Gasteiger partial charge in [-0.15, -0.1) is 0 Å². The summed E-state index contributed by atoms with van der Waals surface area (Å²) in [6.45, 7) is 8.07. The highest BCUT2D eigenvalue weighted by Crippen LogP contribution is 2.29. The van der Waals surface area contributed by atoms with Crippen molar-refractivity contribution < 1.29 is 4.79 Å². The quantitative estimate of drug-likeness (QED) is 0.837. The van der Waals surface area contributed by atoms with Crippen molar-refractivity contribution in [2.75, 3.05) is 11.1 Å². The van der Waals surface area contributed by atoms with Crippen LogP contribution in [0.15, 0.2) is 0 Å². The second kappa shape index (κ2) is 8.20. The molecule has 5 nitrogen and oxygen atoms in total. The summed E-state index contributed by atoms with van der Waals surface area (Å²) in [6, 6.07) is 0.239. The van der Waals surface area contributed by atoms with Gasteiger partial charge in [0.05, 0.1) is 23.1 Å². The van der Waals surface area contributed by atoms with Crippen LogP contribution in [0.5, 0.6) is 0 Å². The highest BCUT2D eigenvalue weighted by molar-refractivity contribution is 7.99. The third-order valence-electron chi connectivity index (χ3n) is 4.70. The van der Waals surface area contributed by atoms with E-state index in [-0.39, 0.29) is 11.9 Å². The Kier molecular flexibility index (Phi) is 6.53. The Morgan fingerprint density at radius 1 is 1.39 bits per heavy atom. The number of hydrogen-bond donors (Lipinski definition) is 2. The molecule has 1 heterocycles. The maximum Gasteiger partial charge on any atom is 0.241 e. The lowest BCUT2D eigenvalue weighted by atomic mass is 9.94. The standard InChI is InChI=1S/C17H30N4OS/c1-6-23-15-10-8-7-9-14(15)18-12(3)17(22)19-16-11(2)20-21(5)13(16)4/h12,14-15,18H,6-10H2,1-5H3,(H,19,22). The highest BCUT2D eigenvalue weighted by Gasteiger charge is 2.28. The Bertz CT molecular complexity index is 541. The lowest BCUT2D eigenvalue weighted by Crippen LogP contribution is -2.49. The van der Waals surface area contributed by atoms with Crippen LogP contribution in [0.1, 0.15) is 50.9 Å². The average molecular weight is 339 g/mol. The van der Waals surface area contributed by atoms with Crippen molar-refractivity contribution in [3.63, 3.8) is 0 Å². The van der Waals surface area contributed by atoms with Crippen LogP contribution in [0.3, 0.4) is 0 Å². The molecule has 1 saturated carbocycles. The van der Waals surface area contributed by atoms with Crippen LogP contribution in [-0.4, -0.2) is 38.8 Å². The summed E-state index contributed by atoms with van der Waals surface area (Å²) >= 11 is 2.02. The lowest BCUT2D eigenvalue weighted by molar-refractivity contribution is -0.118. The van der Waals surface area contributed by atoms with E-state index in [1.165, 1.54) is 25.7 Å². The van der Waals surface area contributed by atoms with E-state index in [2.05, 4.69) is 22.7 Å². The first kappa shape index (κ1) is 18.3. The minimum Gasteiger partial charge on any atom is -0.322 e. The van der Waals surface area contributed by atoms with E-state index in [0.717, 1.165) is 22.8 Å². The Morgan fingerprint density at radius 2 is 2.09 bits per heavy atom. The van der Waals surface area contributed by atoms with Crippen molar-refractivity contribution in [3.05, 3.63) is 11.4 Å². The molecule has 0 spiro atoms. The normalized spacial score (nSPS) is 22.8. The van der Waals surface area contributed by atoms with Gasteiger partial charge in [-0.2, -0.15) is 16.9 Å². The summed E-state index contributed by atoms with van der Waals surface area (Å²) in [5.74, 6) is 1.16. The molecule has 0 aromatic carbocycles. The molecule has 1 aromatic rings. The zero-order chi connectivity index (χ0) is 17.0. The van der Waals surface area contributed by atoms with Crippen molar-refractivity contribution in [1.29, 1.82) is 0 Å². The number of aryl methyl sites for hydroxylation is 2. The monoisotopic (exact) mass is 338 g/mol. The highest BCUT2D eigenvalue weighted by atomic mass is 32.2. The van der Waals surface area contributed by atoms with Gasteiger partial charge in [0.25, 0.3) is 0 Å². The number of aromatic nitrogens is 2. The summed E-state index contributed by atoms with van der Waals surface area (Å²) in [5.41, 5.74) is 2.69. The molecule has 6 heteroatoms. The summed E-state index contributed by atoms with van der Waals surface area (Å²) in [5, 5.41) is 11.6. The second-order valence-corrected chi connectivity index (χ2v) is 7.95. The van der Waals surface area contributed by atoms with Crippen LogP contribution in [0.4, 0.5) is 5.69 Å². The number of hydrogen-bond acceptors (Lipinski definition) is 4. The second-order valence-electron chi connectivity index (χ2n) is 6.43. The first-order valence-electron chi connectivity index (χ1n) is 8.62. The largest absolute Gasteiger partial charge is 0.322 e. The van der Waals surface area contributed by atoms with Crippen molar-refractivity contribution in [2.24, 2.45) is 7.05 Å². The molecule has 1 amide bonds. The smallest absolute Gasteiger partial charge is 0.241 e. The maximum atomic E-state index is 12.5. The van der Waals surface area contributed by atoms with Crippen LogP contribution < -0.4 is 10.6 Å². The predicted molar refractivity (Wildman–Crippen MR) is 98.1 cm³/mol. The average Bonchev–Trinajstić information content (AvgIpc) is 2.75. The molecule has 130 valence electrons. The van der Waals surface area contributed by atoms with Crippen molar-refractivity contribution in [1.82, 2.24) is 15.1 Å². The fourth-order valence-corrected chi connectivity index (χ4v) is 4.49. The lowest BCUT2D eigenvalue weighted by Gasteiger charge is -2.33. The zero-order valence-corrected chi connectivity index (χ0v) is 15.8. The van der Waals surface area contributed by atoms with E-state index in [9.17, 15) is 4.79 Å². The third kappa shape index (κ3) is 4.51. The Balaban J connectivity index is 1.96. The van der Waals surface area contributed by atoms with Gasteiger partial charge in [-0.05, 0) is 39.4 Å². The molecule has 1 aliphatic carbocycles. The topological polar surface area (TPSA) is 59.0 Å². The molecule has 2 rings (SSSR count). The first-order chi connectivity index (χ1) is 10.9. The Morgan fingerprint density at radius 3 is 2.70 bits per heavy atom. The SMILES string of the molecule is CCSC1CCCCC1NC(C)C(=O)Nc1c(C)nn(C)c1C. The number of nitrogens with one attached hydrogen (secondary N) is 2. The molecule has 1 aliphatic rings. The van der Waals surface area contributed by atoms with Crippen molar-refractivity contribution in [3.8, 4) is 0 Å². The molecule has 2 N–H and O–H groups in total. The fourth-order valence-electron chi connectivity index (χ4n) is 3.28. The van der Waals surface area contributed by atoms with Gasteiger partial charge >= 0.3 is 0 Å². The van der Waals surface area contributed by atoms with Crippen molar-refractivity contribution >= 4 is 23.4 Å². The van der Waals surface area contributed by atoms with Crippen LogP contribution in [0, 0.1) is 13.8 Å². The third-order valence-corrected chi connectivity index (χ3v) is 6.02. The van der Waals surface area contributed by atoms with E-state index >= 15 is 0 Å². The number of thioether (sulfide) groups is 1. The van der Waals surface area contributed by atoms with Gasteiger partial charge < -0.3 is 10.6 Å². The first-order valence-corrected chi connectivity index (χ1v) is 9.67. The summed E-state index contributed by atoms with van der Waals surface area (Å²) < 4.78 is 1.80. The van der Waals surface area contributed by atoms with Crippen molar-refractivity contribution in [2.45, 2.75) is 70.7 Å². The number of anilines is 1. The Labute approximate surface area is 144 Å². The van der Waals surface area contributed by atoms with Gasteiger partial charge in [0.2, 0.25) is 5.91 Å².